The number of aromatic nitrogens is 4. The van der Waals surface area contributed by atoms with E-state index in [1.54, 1.807) is 74.8 Å². The number of thioether (sulfide) groups is 1. The van der Waals surface area contributed by atoms with Crippen LogP contribution in [0.15, 0.2) is 97.7 Å². The molecule has 3 fully saturated rings. The Bertz CT molecular complexity index is 5360. The lowest BCUT2D eigenvalue weighted by Gasteiger charge is -2.36. The highest BCUT2D eigenvalue weighted by molar-refractivity contribution is 8.00. The molecule has 138 heavy (non-hydrogen) atoms. The molecular weight excluding hydrogens is 1810 g/mol. The van der Waals surface area contributed by atoms with Crippen LogP contribution in [0, 0.1) is 11.3 Å². The highest BCUT2D eigenvalue weighted by atomic mass is 32.2. The SMILES string of the molecule is CCCC[C@H]1C(=O)N(C)[C@@H](CCCC)C(=O)N[C@@H](CCCNC(=N)N)C(=O)N[C@H](C(=O)NCC(N)=O)CSCC(=O)N[C@@H](Cc2ccc(C(N)=O)cc2)C(=O)N(C)[C@@H](C)C(=O)N[C@@H](CC(N)=O)C(=O)N2CCC[C@H]2C(=O)N[C@@H](Cc2cnc[nH]2)C(=O)N[C@@H](CC(C)C)C(=O)N2C[C@H](O)C[C@H]2C(=O)N[C@@H](Cc2c[nH]c3ccccc23)C(=O)N[C@@H](CO)C(=O)N[C@@H](Cc2c[nH]c3ccccc23)C(=O)N1C. The van der Waals surface area contributed by atoms with E-state index in [9.17, 15) is 58.2 Å². The van der Waals surface area contributed by atoms with Crippen molar-refractivity contribution in [1.82, 2.24) is 103 Å². The minimum atomic E-state index is -1.90. The van der Waals surface area contributed by atoms with Gasteiger partial charge in [0, 0.05) is 130 Å². The van der Waals surface area contributed by atoms with Crippen LogP contribution in [0.2, 0.25) is 0 Å². The molecular formula is C92H129N25O20S. The second-order valence-corrected chi connectivity index (χ2v) is 36.4. The molecule has 0 radical (unpaired) electrons. The van der Waals surface area contributed by atoms with Crippen LogP contribution in [0.3, 0.4) is 0 Å². The predicted molar refractivity (Wildman–Crippen MR) is 507 cm³/mol. The van der Waals surface area contributed by atoms with Crippen LogP contribution >= 0.6 is 11.8 Å². The average Bonchev–Trinajstić information content (AvgIpc) is 1.59. The molecule has 0 spiro atoms. The first-order chi connectivity index (χ1) is 65.7. The molecule has 25 N–H and O–H groups in total. The van der Waals surface area contributed by atoms with Crippen LogP contribution in [0.25, 0.3) is 21.8 Å². The van der Waals surface area contributed by atoms with Gasteiger partial charge in [-0.2, -0.15) is 0 Å². The number of carbonyl (C=O) groups excluding carboxylic acids is 18. The van der Waals surface area contributed by atoms with Crippen molar-refractivity contribution < 1.29 is 96.5 Å². The zero-order valence-corrected chi connectivity index (χ0v) is 79.4. The number of nitrogens with one attached hydrogen (secondary N) is 15. The molecule has 15 atom stereocenters. The monoisotopic (exact) mass is 1940 g/mol. The molecule has 6 aromatic rings. The van der Waals surface area contributed by atoms with Crippen molar-refractivity contribution in [3.63, 3.8) is 0 Å². The molecule has 0 unspecified atom stereocenters. The largest absolute Gasteiger partial charge is 0.394 e. The fourth-order valence-electron chi connectivity index (χ4n) is 17.0. The van der Waals surface area contributed by atoms with Gasteiger partial charge in [-0.1, -0.05) is 102 Å². The van der Waals surface area contributed by atoms with Gasteiger partial charge in [0.2, 0.25) is 106 Å². The van der Waals surface area contributed by atoms with Crippen LogP contribution in [-0.2, 0) is 107 Å². The Morgan fingerprint density at radius 2 is 1.08 bits per heavy atom. The van der Waals surface area contributed by atoms with Gasteiger partial charge >= 0.3 is 0 Å². The Morgan fingerprint density at radius 1 is 0.543 bits per heavy atom. The van der Waals surface area contributed by atoms with E-state index in [2.05, 4.69) is 78.4 Å². The van der Waals surface area contributed by atoms with Gasteiger partial charge in [0.15, 0.2) is 5.96 Å². The number of H-pyrrole nitrogens is 3. The molecule has 3 aliphatic heterocycles. The number of benzene rings is 3. The van der Waals surface area contributed by atoms with E-state index in [4.69, 9.17) is 28.3 Å². The van der Waals surface area contributed by atoms with Crippen molar-refractivity contribution in [1.29, 1.82) is 5.41 Å². The van der Waals surface area contributed by atoms with Crippen LogP contribution < -0.4 is 81.4 Å². The van der Waals surface area contributed by atoms with Crippen LogP contribution in [0.1, 0.15) is 151 Å². The van der Waals surface area contributed by atoms with Gasteiger partial charge in [-0.25, -0.2) is 4.98 Å². The number of nitrogens with zero attached hydrogens (tertiary/aromatic N) is 6. The van der Waals surface area contributed by atoms with Crippen molar-refractivity contribution in [2.24, 2.45) is 28.9 Å². The standard InChI is InChI=1S/C92H129N25O20S/c1-9-11-24-70-84(130)105-61(23-17-31-99-92(96)97)80(126)112-69(79(125)102-43-75(94)121)46-138-47-76(122)104-65(34-51-27-29-52(30-28-51)77(95)123)87(133)113(6)50(5)78(124)108-67(39-74(93)120)89(135)116-32-18-26-71(116)85(131)107-63(37-55-42-98-48-103-55)82(128)109-64(33-49(3)4)90(136)117-44-56(119)38-73(117)86(132)106-62(35-53-40-100-59-21-15-13-19-57(53)59)81(127)111-68(45-118)83(129)110-66(36-54-41-101-60-22-16-14-20-58(54)60)88(134)115(8)72(25-12-10-2)91(137)114(70)7/h13-16,19-22,27-30,40-42,48-50,56,61-73,100-101,118-119H,9-12,17-18,23-26,31-39,43-47H2,1-8H3,(H2,93,120)(H2,94,121)(H2,95,123)(H,98,103)(H,102,125)(H,104,122)(H,105,130)(H,106,132)(H,107,131)(H,108,124)(H,109,128)(H,110,129)(H,111,127)(H,112,126)(H4,96,97,99)/t50-,56+,61-,62-,63-,64-,65-,66-,67-,68-,69-,70-,71-,72-,73-/m0/s1. The smallest absolute Gasteiger partial charge is 0.248 e. The number of aliphatic hydroxyl groups is 2. The Kier molecular flexibility index (Phi) is 39.9. The normalized spacial score (nSPS) is 24.5. The Balaban J connectivity index is 1.11. The first-order valence-electron chi connectivity index (χ1n) is 46.1. The van der Waals surface area contributed by atoms with Crippen LogP contribution in [0.5, 0.6) is 0 Å². The third-order valence-electron chi connectivity index (χ3n) is 24.6. The minimum Gasteiger partial charge on any atom is -0.394 e. The van der Waals surface area contributed by atoms with Gasteiger partial charge in [-0.05, 0) is 98.7 Å². The number of likely N-dealkylation sites (N-methyl/N-ethyl adjacent to an activating group) is 3. The number of nitrogens with two attached hydrogens (primary N) is 4. The fourth-order valence-corrected chi connectivity index (χ4v) is 17.8. The van der Waals surface area contributed by atoms with Crippen LogP contribution in [-0.4, -0.2) is 323 Å². The quantitative estimate of drug-likeness (QED) is 0.0135. The average molecular weight is 1940 g/mol. The zero-order chi connectivity index (χ0) is 101. The number of aliphatic hydroxyl groups excluding tert-OH is 2. The molecule has 46 heteroatoms. The highest BCUT2D eigenvalue weighted by Crippen LogP contribution is 2.28. The molecule has 3 aromatic carbocycles. The van der Waals surface area contributed by atoms with Gasteiger partial charge in [0.05, 0.1) is 37.8 Å². The Morgan fingerprint density at radius 3 is 1.67 bits per heavy atom. The van der Waals surface area contributed by atoms with E-state index in [1.807, 2.05) is 13.8 Å². The van der Waals surface area contributed by atoms with Crippen molar-refractivity contribution in [3.8, 4) is 0 Å². The third kappa shape index (κ3) is 29.7. The topological polar surface area (TPSA) is 684 Å². The molecule has 3 aromatic heterocycles. The number of aromatic amines is 3. The summed E-state index contributed by atoms with van der Waals surface area (Å²) >= 11 is 0.745. The molecule has 6 heterocycles. The molecule has 0 bridgehead atoms. The number of rotatable bonds is 27. The molecule has 3 aliphatic rings. The predicted octanol–water partition coefficient (Wildman–Crippen LogP) is -3.54. The molecule has 0 saturated carbocycles. The zero-order valence-electron chi connectivity index (χ0n) is 78.6. The number of amides is 18. The maximum atomic E-state index is 15.8. The number of hydrogen-bond donors (Lipinski definition) is 21. The molecule has 9 rings (SSSR count). The Labute approximate surface area is 801 Å². The number of imidazole rings is 1. The number of fused-ring (bicyclic) bond motifs is 4. The fraction of sp³-hybridized carbons (Fsp3) is 0.522. The first-order valence-corrected chi connectivity index (χ1v) is 47.2. The molecule has 3 saturated heterocycles. The summed E-state index contributed by atoms with van der Waals surface area (Å²) in [5, 5.41) is 60.9. The summed E-state index contributed by atoms with van der Waals surface area (Å²) < 4.78 is 0. The summed E-state index contributed by atoms with van der Waals surface area (Å²) in [5.41, 5.74) is 25.3. The maximum absolute atomic E-state index is 15.8. The molecule has 748 valence electrons. The van der Waals surface area contributed by atoms with Crippen molar-refractivity contribution in [3.05, 3.63) is 126 Å². The lowest BCUT2D eigenvalue weighted by molar-refractivity contribution is -0.149. The summed E-state index contributed by atoms with van der Waals surface area (Å²) in [7, 11) is 3.88. The first kappa shape index (κ1) is 108. The summed E-state index contributed by atoms with van der Waals surface area (Å²) in [6, 6.07) is -2.41. The van der Waals surface area contributed by atoms with E-state index in [0.29, 0.717) is 69.9 Å². The lowest BCUT2D eigenvalue weighted by Crippen LogP contribution is -2.62. The van der Waals surface area contributed by atoms with Gasteiger partial charge in [0.1, 0.15) is 84.6 Å². The van der Waals surface area contributed by atoms with Gasteiger partial charge in [0.25, 0.3) is 0 Å². The molecule has 18 amide bonds. The summed E-state index contributed by atoms with van der Waals surface area (Å²) in [6.45, 7) is 5.94. The number of carbonyl (C=O) groups is 18. The summed E-state index contributed by atoms with van der Waals surface area (Å²) in [5.74, 6) is -18.9. The van der Waals surface area contributed by atoms with E-state index in [-0.39, 0.29) is 95.2 Å². The third-order valence-corrected chi connectivity index (χ3v) is 25.7. The maximum Gasteiger partial charge on any atom is 0.248 e. The number of primary amides is 3. The number of guanidine groups is 1. The van der Waals surface area contributed by atoms with E-state index in [1.165, 1.54) is 64.9 Å². The lowest BCUT2D eigenvalue weighted by atomic mass is 10.00. The number of para-hydroxylation sites is 2. The Hall–Kier alpha value is -14.1. The van der Waals surface area contributed by atoms with E-state index < -0.39 is 247 Å². The summed E-state index contributed by atoms with van der Waals surface area (Å²) in [6.07, 6.45) is 3.46. The second-order valence-electron chi connectivity index (χ2n) is 35.4. The highest BCUT2D eigenvalue weighted by Gasteiger charge is 2.47. The van der Waals surface area contributed by atoms with E-state index >= 15 is 38.4 Å². The number of unbranched alkanes of at least 4 members (excludes halogenated alkanes) is 2. The van der Waals surface area contributed by atoms with Gasteiger partial charge in [-0.3, -0.25) is 91.7 Å². The van der Waals surface area contributed by atoms with Gasteiger partial charge in [-0.15, -0.1) is 11.8 Å². The molecule has 0 aliphatic carbocycles. The van der Waals surface area contributed by atoms with Gasteiger partial charge < -0.3 is 131 Å². The number of hydrogen-bond acceptors (Lipinski definition) is 23. The molecule has 45 nitrogen and oxygen atoms in total. The minimum absolute atomic E-state index is 0.0188. The van der Waals surface area contributed by atoms with Crippen molar-refractivity contribution >= 4 is 146 Å². The summed E-state index contributed by atoms with van der Waals surface area (Å²) in [4.78, 5) is 282. The van der Waals surface area contributed by atoms with Crippen molar-refractivity contribution in [2.75, 3.05) is 65.4 Å². The van der Waals surface area contributed by atoms with Crippen LogP contribution in [0.4, 0.5) is 0 Å². The van der Waals surface area contributed by atoms with E-state index in [0.717, 1.165) is 36.3 Å². The van der Waals surface area contributed by atoms with Crippen molar-refractivity contribution in [2.45, 2.75) is 234 Å². The second kappa shape index (κ2) is 51.2.